The van der Waals surface area contributed by atoms with Crippen LogP contribution < -0.4 is 0 Å². The van der Waals surface area contributed by atoms with Gasteiger partial charge in [-0.1, -0.05) is 0 Å². The molecule has 1 aromatic heterocycles. The molecule has 0 aliphatic heterocycles. The maximum atomic E-state index is 11.6. The van der Waals surface area contributed by atoms with Gasteiger partial charge in [-0.05, 0) is 19.1 Å². The van der Waals surface area contributed by atoms with Crippen molar-refractivity contribution >= 4 is 10.0 Å². The van der Waals surface area contributed by atoms with Gasteiger partial charge in [0.05, 0.1) is 25.2 Å². The number of aliphatic hydroxyl groups excluding tert-OH is 1. The molecule has 6 heteroatoms. The van der Waals surface area contributed by atoms with Crippen molar-refractivity contribution < 1.29 is 17.9 Å². The summed E-state index contributed by atoms with van der Waals surface area (Å²) in [5.74, 6) is 0.591. The summed E-state index contributed by atoms with van der Waals surface area (Å²) < 4.78 is 29.5. The Morgan fingerprint density at radius 3 is 2.73 bits per heavy atom. The average Bonchev–Trinajstić information content (AvgIpc) is 2.70. The largest absolute Gasteiger partial charge is 0.468 e. The van der Waals surface area contributed by atoms with Crippen molar-refractivity contribution in [3.63, 3.8) is 0 Å². The van der Waals surface area contributed by atoms with Gasteiger partial charge in [-0.15, -0.1) is 0 Å². The van der Waals surface area contributed by atoms with E-state index in [-0.39, 0.29) is 25.4 Å². The van der Waals surface area contributed by atoms with Crippen molar-refractivity contribution in [1.29, 1.82) is 0 Å². The SMILES string of the molecule is CCS(=O)(=O)N(CCO)Cc1ccco1. The molecular formula is C9H15NO4S. The first-order chi connectivity index (χ1) is 7.10. The third kappa shape index (κ3) is 3.33. The summed E-state index contributed by atoms with van der Waals surface area (Å²) in [5, 5.41) is 8.79. The van der Waals surface area contributed by atoms with E-state index in [4.69, 9.17) is 9.52 Å². The van der Waals surface area contributed by atoms with Crippen molar-refractivity contribution in [3.8, 4) is 0 Å². The van der Waals surface area contributed by atoms with E-state index in [0.29, 0.717) is 5.76 Å². The predicted molar refractivity (Wildman–Crippen MR) is 55.7 cm³/mol. The molecule has 1 heterocycles. The Morgan fingerprint density at radius 2 is 2.27 bits per heavy atom. The molecule has 0 aromatic carbocycles. The number of hydrogen-bond acceptors (Lipinski definition) is 4. The molecule has 0 unspecified atom stereocenters. The fourth-order valence-electron chi connectivity index (χ4n) is 1.19. The molecule has 0 amide bonds. The normalized spacial score (nSPS) is 12.2. The molecular weight excluding hydrogens is 218 g/mol. The molecule has 1 N–H and O–H groups in total. The summed E-state index contributed by atoms with van der Waals surface area (Å²) in [7, 11) is -3.29. The lowest BCUT2D eigenvalue weighted by Crippen LogP contribution is -2.34. The van der Waals surface area contributed by atoms with Crippen LogP contribution in [-0.2, 0) is 16.6 Å². The Labute approximate surface area is 89.4 Å². The van der Waals surface area contributed by atoms with Crippen LogP contribution in [-0.4, -0.2) is 36.7 Å². The maximum absolute atomic E-state index is 11.6. The minimum Gasteiger partial charge on any atom is -0.468 e. The number of nitrogens with zero attached hydrogens (tertiary/aromatic N) is 1. The second kappa shape index (κ2) is 5.29. The minimum absolute atomic E-state index is 0.0215. The molecule has 0 aliphatic carbocycles. The molecule has 15 heavy (non-hydrogen) atoms. The number of furan rings is 1. The van der Waals surface area contributed by atoms with Gasteiger partial charge in [0.2, 0.25) is 10.0 Å². The third-order valence-corrected chi connectivity index (χ3v) is 3.85. The average molecular weight is 233 g/mol. The lowest BCUT2D eigenvalue weighted by Gasteiger charge is -2.18. The summed E-state index contributed by atoms with van der Waals surface area (Å²) in [6.45, 7) is 1.64. The lowest BCUT2D eigenvalue weighted by atomic mass is 10.4. The summed E-state index contributed by atoms with van der Waals surface area (Å²) >= 11 is 0. The number of sulfonamides is 1. The summed E-state index contributed by atoms with van der Waals surface area (Å²) in [4.78, 5) is 0. The molecule has 0 radical (unpaired) electrons. The molecule has 0 fully saturated rings. The van der Waals surface area contributed by atoms with Gasteiger partial charge < -0.3 is 9.52 Å². The summed E-state index contributed by atoms with van der Waals surface area (Å²) in [6, 6.07) is 3.40. The van der Waals surface area contributed by atoms with Gasteiger partial charge in [-0.3, -0.25) is 0 Å². The monoisotopic (exact) mass is 233 g/mol. The van der Waals surface area contributed by atoms with Crippen molar-refractivity contribution in [2.75, 3.05) is 18.9 Å². The van der Waals surface area contributed by atoms with E-state index >= 15 is 0 Å². The van der Waals surface area contributed by atoms with Gasteiger partial charge >= 0.3 is 0 Å². The highest BCUT2D eigenvalue weighted by molar-refractivity contribution is 7.89. The summed E-state index contributed by atoms with van der Waals surface area (Å²) in [6.07, 6.45) is 1.49. The highest BCUT2D eigenvalue weighted by Crippen LogP contribution is 2.09. The van der Waals surface area contributed by atoms with Gasteiger partial charge in [0, 0.05) is 6.54 Å². The van der Waals surface area contributed by atoms with E-state index in [1.54, 1.807) is 19.1 Å². The molecule has 1 rings (SSSR count). The van der Waals surface area contributed by atoms with Crippen LogP contribution in [0.5, 0.6) is 0 Å². The van der Waals surface area contributed by atoms with Crippen molar-refractivity contribution in [2.45, 2.75) is 13.5 Å². The number of aliphatic hydroxyl groups is 1. The van der Waals surface area contributed by atoms with E-state index in [2.05, 4.69) is 0 Å². The minimum atomic E-state index is -3.29. The maximum Gasteiger partial charge on any atom is 0.214 e. The van der Waals surface area contributed by atoms with Crippen LogP contribution in [0.3, 0.4) is 0 Å². The smallest absolute Gasteiger partial charge is 0.214 e. The molecule has 0 atom stereocenters. The zero-order valence-electron chi connectivity index (χ0n) is 8.59. The van der Waals surface area contributed by atoms with Crippen LogP contribution >= 0.6 is 0 Å². The van der Waals surface area contributed by atoms with E-state index < -0.39 is 10.0 Å². The van der Waals surface area contributed by atoms with Crippen LogP contribution in [0.4, 0.5) is 0 Å². The van der Waals surface area contributed by atoms with Crippen LogP contribution in [0.1, 0.15) is 12.7 Å². The van der Waals surface area contributed by atoms with E-state index in [9.17, 15) is 8.42 Å². The van der Waals surface area contributed by atoms with Crippen molar-refractivity contribution in [1.82, 2.24) is 4.31 Å². The quantitative estimate of drug-likeness (QED) is 0.773. The topological polar surface area (TPSA) is 70.8 Å². The molecule has 0 saturated heterocycles. The van der Waals surface area contributed by atoms with Crippen molar-refractivity contribution in [2.24, 2.45) is 0 Å². The molecule has 5 nitrogen and oxygen atoms in total. The Kier molecular flexibility index (Phi) is 4.31. The van der Waals surface area contributed by atoms with Gasteiger partial charge in [0.25, 0.3) is 0 Å². The predicted octanol–water partition coefficient (Wildman–Crippen LogP) is 0.424. The Balaban J connectivity index is 2.75. The lowest BCUT2D eigenvalue weighted by molar-refractivity contribution is 0.244. The highest BCUT2D eigenvalue weighted by atomic mass is 32.2. The Bertz CT molecular complexity index is 371. The van der Waals surface area contributed by atoms with E-state index in [0.717, 1.165) is 0 Å². The number of hydrogen-bond donors (Lipinski definition) is 1. The first-order valence-corrected chi connectivity index (χ1v) is 6.32. The standard InChI is InChI=1S/C9H15NO4S/c1-2-15(12,13)10(5-6-11)8-9-4-3-7-14-9/h3-4,7,11H,2,5-6,8H2,1H3. The van der Waals surface area contributed by atoms with Crippen LogP contribution in [0, 0.1) is 0 Å². The van der Waals surface area contributed by atoms with E-state index in [1.807, 2.05) is 0 Å². The van der Waals surface area contributed by atoms with Gasteiger partial charge in [-0.2, -0.15) is 4.31 Å². The third-order valence-electron chi connectivity index (χ3n) is 2.02. The zero-order valence-corrected chi connectivity index (χ0v) is 9.40. The van der Waals surface area contributed by atoms with E-state index in [1.165, 1.54) is 10.6 Å². The number of rotatable bonds is 6. The molecule has 1 aromatic rings. The van der Waals surface area contributed by atoms with Gasteiger partial charge in [0.15, 0.2) is 0 Å². The molecule has 0 spiro atoms. The molecule has 0 bridgehead atoms. The van der Waals surface area contributed by atoms with Gasteiger partial charge in [0.1, 0.15) is 5.76 Å². The zero-order chi connectivity index (χ0) is 11.3. The summed E-state index contributed by atoms with van der Waals surface area (Å²) in [5.41, 5.74) is 0. The second-order valence-electron chi connectivity index (χ2n) is 3.04. The molecule has 0 saturated carbocycles. The second-order valence-corrected chi connectivity index (χ2v) is 5.29. The van der Waals surface area contributed by atoms with Crippen molar-refractivity contribution in [3.05, 3.63) is 24.2 Å². The first kappa shape index (κ1) is 12.2. The van der Waals surface area contributed by atoms with Crippen LogP contribution in [0.25, 0.3) is 0 Å². The van der Waals surface area contributed by atoms with Gasteiger partial charge in [-0.25, -0.2) is 8.42 Å². The molecule has 86 valence electrons. The Morgan fingerprint density at radius 1 is 1.53 bits per heavy atom. The first-order valence-electron chi connectivity index (χ1n) is 4.71. The fourth-order valence-corrected chi connectivity index (χ4v) is 2.24. The van der Waals surface area contributed by atoms with Crippen LogP contribution in [0.15, 0.2) is 22.8 Å². The highest BCUT2D eigenvalue weighted by Gasteiger charge is 2.20. The molecule has 0 aliphatic rings. The fraction of sp³-hybridized carbons (Fsp3) is 0.556. The Hall–Kier alpha value is -0.850. The van der Waals surface area contributed by atoms with Crippen LogP contribution in [0.2, 0.25) is 0 Å².